The van der Waals surface area contributed by atoms with Crippen molar-refractivity contribution in [3.63, 3.8) is 0 Å². The van der Waals surface area contributed by atoms with Crippen molar-refractivity contribution >= 4 is 28.9 Å². The molecule has 28 heavy (non-hydrogen) atoms. The van der Waals surface area contributed by atoms with Crippen molar-refractivity contribution in [1.29, 1.82) is 0 Å². The number of ether oxygens (including phenoxy) is 2. The average molecular weight is 395 g/mol. The van der Waals surface area contributed by atoms with Crippen molar-refractivity contribution in [1.82, 2.24) is 0 Å². The summed E-state index contributed by atoms with van der Waals surface area (Å²) in [6.45, 7) is 2.03. The van der Waals surface area contributed by atoms with E-state index in [0.29, 0.717) is 18.0 Å². The molecule has 0 aliphatic rings. The SMILES string of the molecule is C[C@@H](OC(=O)Cc1ccsc1)C(=O)Nc1ccc(OCc2ccccc2)cc1. The van der Waals surface area contributed by atoms with Gasteiger partial charge in [0.15, 0.2) is 6.10 Å². The van der Waals surface area contributed by atoms with Gasteiger partial charge in [-0.1, -0.05) is 30.3 Å². The van der Waals surface area contributed by atoms with Crippen LogP contribution in [0.15, 0.2) is 71.4 Å². The van der Waals surface area contributed by atoms with Gasteiger partial charge < -0.3 is 14.8 Å². The van der Waals surface area contributed by atoms with Crippen LogP contribution in [-0.4, -0.2) is 18.0 Å². The Morgan fingerprint density at radius 2 is 1.75 bits per heavy atom. The normalized spacial score (nSPS) is 11.5. The van der Waals surface area contributed by atoms with Gasteiger partial charge in [0.1, 0.15) is 12.4 Å². The number of amides is 1. The predicted molar refractivity (Wildman–Crippen MR) is 109 cm³/mol. The first-order valence-corrected chi connectivity index (χ1v) is 9.82. The number of esters is 1. The largest absolute Gasteiger partial charge is 0.489 e. The Morgan fingerprint density at radius 1 is 1.00 bits per heavy atom. The minimum atomic E-state index is -0.875. The number of rotatable bonds is 8. The number of anilines is 1. The van der Waals surface area contributed by atoms with Gasteiger partial charge in [-0.05, 0) is 59.1 Å². The molecule has 144 valence electrons. The van der Waals surface area contributed by atoms with Gasteiger partial charge in [-0.3, -0.25) is 9.59 Å². The van der Waals surface area contributed by atoms with E-state index in [9.17, 15) is 9.59 Å². The van der Waals surface area contributed by atoms with Crippen LogP contribution in [0.1, 0.15) is 18.1 Å². The quantitative estimate of drug-likeness (QED) is 0.573. The van der Waals surface area contributed by atoms with E-state index in [1.807, 2.05) is 47.2 Å². The highest BCUT2D eigenvalue weighted by atomic mass is 32.1. The molecule has 3 aromatic rings. The molecule has 1 atom stereocenters. The van der Waals surface area contributed by atoms with E-state index in [0.717, 1.165) is 11.1 Å². The van der Waals surface area contributed by atoms with Crippen LogP contribution in [-0.2, 0) is 27.4 Å². The summed E-state index contributed by atoms with van der Waals surface area (Å²) in [5.74, 6) is -0.0978. The van der Waals surface area contributed by atoms with Crippen LogP contribution in [0.2, 0.25) is 0 Å². The van der Waals surface area contributed by atoms with Crippen molar-refractivity contribution in [2.75, 3.05) is 5.32 Å². The van der Waals surface area contributed by atoms with Gasteiger partial charge in [-0.2, -0.15) is 11.3 Å². The second-order valence-electron chi connectivity index (χ2n) is 6.23. The van der Waals surface area contributed by atoms with Crippen LogP contribution >= 0.6 is 11.3 Å². The Morgan fingerprint density at radius 3 is 2.43 bits per heavy atom. The van der Waals surface area contributed by atoms with Gasteiger partial charge in [-0.25, -0.2) is 0 Å². The van der Waals surface area contributed by atoms with Crippen LogP contribution in [0.5, 0.6) is 5.75 Å². The summed E-state index contributed by atoms with van der Waals surface area (Å²) in [4.78, 5) is 24.1. The van der Waals surface area contributed by atoms with Crippen molar-refractivity contribution in [2.45, 2.75) is 26.1 Å². The smallest absolute Gasteiger partial charge is 0.311 e. The van der Waals surface area contributed by atoms with Crippen LogP contribution < -0.4 is 10.1 Å². The van der Waals surface area contributed by atoms with E-state index < -0.39 is 12.1 Å². The third-order valence-corrected chi connectivity index (χ3v) is 4.71. The summed E-state index contributed by atoms with van der Waals surface area (Å²) in [6, 6.07) is 18.8. The zero-order valence-corrected chi connectivity index (χ0v) is 16.3. The number of thiophene rings is 1. The van der Waals surface area contributed by atoms with Gasteiger partial charge >= 0.3 is 5.97 Å². The molecular formula is C22H21NO4S. The molecule has 0 radical (unpaired) electrons. The van der Waals surface area contributed by atoms with Gasteiger partial charge in [0, 0.05) is 5.69 Å². The standard InChI is InChI=1S/C22H21NO4S/c1-16(27-21(24)13-18-11-12-28-15-18)22(25)23-19-7-9-20(10-8-19)26-14-17-5-3-2-4-6-17/h2-12,15-16H,13-14H2,1H3,(H,23,25)/t16-/m1/s1. The first-order valence-electron chi connectivity index (χ1n) is 8.88. The minimum absolute atomic E-state index is 0.161. The second-order valence-corrected chi connectivity index (χ2v) is 7.01. The fraction of sp³-hybridized carbons (Fsp3) is 0.182. The maximum Gasteiger partial charge on any atom is 0.311 e. The third kappa shape index (κ3) is 5.96. The van der Waals surface area contributed by atoms with Crippen molar-refractivity contribution in [3.05, 3.63) is 82.6 Å². The summed E-state index contributed by atoms with van der Waals surface area (Å²) in [5.41, 5.74) is 2.57. The number of carbonyl (C=O) groups is 2. The fourth-order valence-corrected chi connectivity index (χ4v) is 3.14. The highest BCUT2D eigenvalue weighted by Gasteiger charge is 2.18. The lowest BCUT2D eigenvalue weighted by molar-refractivity contribution is -0.152. The molecule has 1 N–H and O–H groups in total. The Kier molecular flexibility index (Phi) is 6.81. The number of carbonyl (C=O) groups excluding carboxylic acids is 2. The van der Waals surface area contributed by atoms with Crippen molar-refractivity contribution < 1.29 is 19.1 Å². The number of nitrogens with one attached hydrogen (secondary N) is 1. The molecule has 1 amide bonds. The highest BCUT2D eigenvalue weighted by molar-refractivity contribution is 7.08. The lowest BCUT2D eigenvalue weighted by Crippen LogP contribution is -2.30. The first-order chi connectivity index (χ1) is 13.6. The molecule has 0 saturated heterocycles. The molecule has 1 heterocycles. The zero-order chi connectivity index (χ0) is 19.8. The Bertz CT molecular complexity index is 892. The Balaban J connectivity index is 1.46. The van der Waals surface area contributed by atoms with E-state index in [2.05, 4.69) is 5.32 Å². The lowest BCUT2D eigenvalue weighted by atomic mass is 10.2. The molecule has 0 unspecified atom stereocenters. The summed E-state index contributed by atoms with van der Waals surface area (Å²) in [6.07, 6.45) is -0.714. The Hall–Kier alpha value is -3.12. The van der Waals surface area contributed by atoms with Crippen molar-refractivity contribution in [2.24, 2.45) is 0 Å². The molecule has 1 aromatic heterocycles. The highest BCUT2D eigenvalue weighted by Crippen LogP contribution is 2.17. The number of hydrogen-bond donors (Lipinski definition) is 1. The van der Waals surface area contributed by atoms with Crippen LogP contribution in [0, 0.1) is 0 Å². The molecule has 0 saturated carbocycles. The second kappa shape index (κ2) is 9.71. The number of hydrogen-bond acceptors (Lipinski definition) is 5. The van der Waals surface area contributed by atoms with E-state index in [-0.39, 0.29) is 12.3 Å². The van der Waals surface area contributed by atoms with E-state index in [4.69, 9.17) is 9.47 Å². The molecule has 0 aliphatic heterocycles. The lowest BCUT2D eigenvalue weighted by Gasteiger charge is -2.14. The van der Waals surface area contributed by atoms with Crippen LogP contribution in [0.4, 0.5) is 5.69 Å². The molecular weight excluding hydrogens is 374 g/mol. The van der Waals surface area contributed by atoms with E-state index in [1.165, 1.54) is 11.3 Å². The maximum atomic E-state index is 12.2. The molecule has 5 nitrogen and oxygen atoms in total. The van der Waals surface area contributed by atoms with E-state index in [1.54, 1.807) is 31.2 Å². The topological polar surface area (TPSA) is 64.6 Å². The third-order valence-electron chi connectivity index (χ3n) is 3.98. The van der Waals surface area contributed by atoms with Gasteiger partial charge in [0.05, 0.1) is 6.42 Å². The molecule has 0 aliphatic carbocycles. The van der Waals surface area contributed by atoms with Crippen LogP contribution in [0.25, 0.3) is 0 Å². The average Bonchev–Trinajstić information content (AvgIpc) is 3.21. The van der Waals surface area contributed by atoms with Gasteiger partial charge in [0.2, 0.25) is 0 Å². The summed E-state index contributed by atoms with van der Waals surface area (Å²) in [7, 11) is 0. The summed E-state index contributed by atoms with van der Waals surface area (Å²) >= 11 is 1.51. The monoisotopic (exact) mass is 395 g/mol. The molecule has 3 rings (SSSR count). The maximum absolute atomic E-state index is 12.2. The van der Waals surface area contributed by atoms with Gasteiger partial charge in [-0.15, -0.1) is 0 Å². The Labute approximate surface area is 167 Å². The van der Waals surface area contributed by atoms with E-state index >= 15 is 0 Å². The molecule has 6 heteroatoms. The minimum Gasteiger partial charge on any atom is -0.489 e. The van der Waals surface area contributed by atoms with Crippen molar-refractivity contribution in [3.8, 4) is 5.75 Å². The summed E-state index contributed by atoms with van der Waals surface area (Å²) < 4.78 is 10.9. The molecule has 0 bridgehead atoms. The molecule has 2 aromatic carbocycles. The van der Waals surface area contributed by atoms with Gasteiger partial charge in [0.25, 0.3) is 5.91 Å². The first kappa shape index (κ1) is 19.6. The fourth-order valence-electron chi connectivity index (χ4n) is 2.47. The molecule has 0 spiro atoms. The zero-order valence-electron chi connectivity index (χ0n) is 15.5. The molecule has 0 fully saturated rings. The van der Waals surface area contributed by atoms with Crippen LogP contribution in [0.3, 0.4) is 0 Å². The predicted octanol–water partition coefficient (Wildman–Crippen LogP) is 4.44. The number of benzene rings is 2. The summed E-state index contributed by atoms with van der Waals surface area (Å²) in [5, 5.41) is 6.51.